The molecule has 1 heterocycles. The number of nitrogens with zero attached hydrogens (tertiary/aromatic N) is 1. The van der Waals surface area contributed by atoms with Crippen LogP contribution < -0.4 is 39.2 Å². The van der Waals surface area contributed by atoms with Crippen LogP contribution in [0.2, 0.25) is 0 Å². The average molecular weight is 327 g/mol. The first-order chi connectivity index (χ1) is 10.0. The molecular formula is C15H14NNaO4S. The van der Waals surface area contributed by atoms with Gasteiger partial charge in [-0.25, -0.2) is 8.42 Å². The second-order valence-corrected chi connectivity index (χ2v) is 6.29. The van der Waals surface area contributed by atoms with E-state index in [2.05, 4.69) is 0 Å². The van der Waals surface area contributed by atoms with Crippen LogP contribution in [0, 0.1) is 0 Å². The second-order valence-electron chi connectivity index (χ2n) is 4.76. The van der Waals surface area contributed by atoms with Gasteiger partial charge in [-0.2, -0.15) is 0 Å². The van der Waals surface area contributed by atoms with Crippen molar-refractivity contribution in [2.24, 2.45) is 0 Å². The monoisotopic (exact) mass is 327 g/mol. The number of ether oxygens (including phenoxy) is 1. The molecule has 0 radical (unpaired) electrons. The Morgan fingerprint density at radius 3 is 1.91 bits per heavy atom. The standard InChI is InChI=1S/C15H15NO4S.Na/c1-2-15(21(17,18)19)16-11-7-3-5-9-13(11)20-14-10-6-4-8-12(14)16;/h3-10,15H,2H2,1H3,(H,17,18,19);/q;+1/p-1. The van der Waals surface area contributed by atoms with Gasteiger partial charge in [0, 0.05) is 0 Å². The number of anilines is 2. The fourth-order valence-electron chi connectivity index (χ4n) is 2.56. The molecule has 1 aliphatic rings. The number of hydrogen-bond donors (Lipinski definition) is 0. The summed E-state index contributed by atoms with van der Waals surface area (Å²) in [6.07, 6.45) is 0.189. The van der Waals surface area contributed by atoms with Crippen LogP contribution >= 0.6 is 0 Å². The van der Waals surface area contributed by atoms with E-state index >= 15 is 0 Å². The Morgan fingerprint density at radius 1 is 1.05 bits per heavy atom. The zero-order valence-electron chi connectivity index (χ0n) is 12.4. The first-order valence-corrected chi connectivity index (χ1v) is 8.09. The van der Waals surface area contributed by atoms with Crippen molar-refractivity contribution >= 4 is 21.5 Å². The molecule has 0 aromatic heterocycles. The summed E-state index contributed by atoms with van der Waals surface area (Å²) >= 11 is 0. The molecule has 2 aromatic rings. The van der Waals surface area contributed by atoms with Gasteiger partial charge in [0.25, 0.3) is 0 Å². The normalized spacial score (nSPS) is 14.2. The maximum atomic E-state index is 11.6. The SMILES string of the molecule is CCC(N1c2ccccc2Oc2ccccc21)S(=O)(=O)[O-].[Na+]. The van der Waals surface area contributed by atoms with E-state index in [1.807, 2.05) is 0 Å². The third-order valence-corrected chi connectivity index (χ3v) is 4.65. The largest absolute Gasteiger partial charge is 1.00 e. The van der Waals surface area contributed by atoms with E-state index in [1.165, 1.54) is 0 Å². The second kappa shape index (κ2) is 6.60. The van der Waals surface area contributed by atoms with E-state index in [4.69, 9.17) is 4.74 Å². The molecular weight excluding hydrogens is 313 g/mol. The number of fused-ring (bicyclic) bond motifs is 2. The Hall–Kier alpha value is -1.05. The number of para-hydroxylation sites is 4. The van der Waals surface area contributed by atoms with E-state index in [9.17, 15) is 13.0 Å². The van der Waals surface area contributed by atoms with Crippen molar-refractivity contribution in [1.29, 1.82) is 0 Å². The summed E-state index contributed by atoms with van der Waals surface area (Å²) in [6.45, 7) is 1.68. The molecule has 7 heteroatoms. The molecule has 1 unspecified atom stereocenters. The molecule has 0 N–H and O–H groups in total. The molecule has 1 aliphatic heterocycles. The molecule has 0 saturated heterocycles. The molecule has 1 atom stereocenters. The summed E-state index contributed by atoms with van der Waals surface area (Å²) in [5.74, 6) is 1.08. The Morgan fingerprint density at radius 2 is 1.50 bits per heavy atom. The van der Waals surface area contributed by atoms with Crippen LogP contribution in [0.3, 0.4) is 0 Å². The first kappa shape index (κ1) is 17.3. The van der Waals surface area contributed by atoms with Crippen molar-refractivity contribution in [3.05, 3.63) is 48.5 Å². The van der Waals surface area contributed by atoms with Crippen molar-refractivity contribution in [3.63, 3.8) is 0 Å². The summed E-state index contributed by atoms with van der Waals surface area (Å²) in [5.41, 5.74) is 1.17. The Bertz CT molecular complexity index is 733. The maximum absolute atomic E-state index is 11.6. The van der Waals surface area contributed by atoms with Crippen LogP contribution in [0.15, 0.2) is 48.5 Å². The zero-order chi connectivity index (χ0) is 15.0. The predicted molar refractivity (Wildman–Crippen MR) is 78.9 cm³/mol. The van der Waals surface area contributed by atoms with Crippen molar-refractivity contribution in [1.82, 2.24) is 0 Å². The molecule has 3 rings (SSSR count). The van der Waals surface area contributed by atoms with E-state index in [1.54, 1.807) is 60.4 Å². The van der Waals surface area contributed by atoms with Gasteiger partial charge in [-0.1, -0.05) is 31.2 Å². The van der Waals surface area contributed by atoms with E-state index in [0.717, 1.165) is 0 Å². The maximum Gasteiger partial charge on any atom is 1.00 e. The van der Waals surface area contributed by atoms with Crippen LogP contribution in [-0.4, -0.2) is 18.3 Å². The molecule has 0 fully saturated rings. The number of hydrogen-bond acceptors (Lipinski definition) is 5. The van der Waals surface area contributed by atoms with E-state index in [0.29, 0.717) is 22.9 Å². The summed E-state index contributed by atoms with van der Waals surface area (Å²) in [7, 11) is -4.48. The molecule has 0 spiro atoms. The Labute approximate surface area is 151 Å². The molecule has 22 heavy (non-hydrogen) atoms. The van der Waals surface area contributed by atoms with Gasteiger partial charge in [0.05, 0.1) is 11.4 Å². The van der Waals surface area contributed by atoms with Gasteiger partial charge in [-0.05, 0) is 30.7 Å². The van der Waals surface area contributed by atoms with Crippen molar-refractivity contribution in [2.45, 2.75) is 18.7 Å². The van der Waals surface area contributed by atoms with Crippen molar-refractivity contribution < 1.29 is 47.3 Å². The van der Waals surface area contributed by atoms with Crippen LogP contribution in [-0.2, 0) is 10.1 Å². The van der Waals surface area contributed by atoms with Gasteiger partial charge >= 0.3 is 29.6 Å². The summed E-state index contributed by atoms with van der Waals surface area (Å²) < 4.78 is 40.7. The Kier molecular flexibility index (Phi) is 5.19. The van der Waals surface area contributed by atoms with Gasteiger partial charge < -0.3 is 14.2 Å². The van der Waals surface area contributed by atoms with Crippen LogP contribution in [0.1, 0.15) is 13.3 Å². The van der Waals surface area contributed by atoms with Gasteiger partial charge in [0.15, 0.2) is 11.5 Å². The van der Waals surface area contributed by atoms with Crippen molar-refractivity contribution in [3.8, 4) is 11.5 Å². The minimum Gasteiger partial charge on any atom is -0.746 e. The topological polar surface area (TPSA) is 69.7 Å². The Balaban J connectivity index is 0.00000176. The summed E-state index contributed by atoms with van der Waals surface area (Å²) in [4.78, 5) is 1.55. The molecule has 2 aromatic carbocycles. The third kappa shape index (κ3) is 3.02. The molecule has 0 aliphatic carbocycles. The van der Waals surface area contributed by atoms with Crippen molar-refractivity contribution in [2.75, 3.05) is 4.90 Å². The molecule has 0 saturated carbocycles. The van der Waals surface area contributed by atoms with Crippen LogP contribution in [0.25, 0.3) is 0 Å². The first-order valence-electron chi connectivity index (χ1n) is 6.62. The fraction of sp³-hybridized carbons (Fsp3) is 0.200. The van der Waals surface area contributed by atoms with Gasteiger partial charge in [0.1, 0.15) is 15.5 Å². The zero-order valence-corrected chi connectivity index (χ0v) is 15.2. The minimum absolute atomic E-state index is 0. The fourth-order valence-corrected chi connectivity index (χ4v) is 3.45. The van der Waals surface area contributed by atoms with Gasteiger partial charge in [-0.3, -0.25) is 0 Å². The van der Waals surface area contributed by atoms with Crippen LogP contribution in [0.4, 0.5) is 11.4 Å². The van der Waals surface area contributed by atoms with Crippen LogP contribution in [0.5, 0.6) is 11.5 Å². The predicted octanol–water partition coefficient (Wildman–Crippen LogP) is 0.216. The number of rotatable bonds is 3. The van der Waals surface area contributed by atoms with Gasteiger partial charge in [-0.15, -0.1) is 0 Å². The quantitative estimate of drug-likeness (QED) is 0.596. The molecule has 0 amide bonds. The average Bonchev–Trinajstić information content (AvgIpc) is 2.46. The van der Waals surface area contributed by atoms with E-state index < -0.39 is 15.5 Å². The molecule has 110 valence electrons. The summed E-state index contributed by atoms with van der Waals surface area (Å²) in [6, 6.07) is 14.2. The third-order valence-electron chi connectivity index (χ3n) is 3.44. The summed E-state index contributed by atoms with van der Waals surface area (Å²) in [5, 5.41) is -1.16. The minimum atomic E-state index is -4.48. The number of benzene rings is 2. The smallest absolute Gasteiger partial charge is 0.746 e. The molecule has 0 bridgehead atoms. The van der Waals surface area contributed by atoms with E-state index in [-0.39, 0.29) is 36.0 Å². The van der Waals surface area contributed by atoms with Gasteiger partial charge in [0.2, 0.25) is 0 Å². The molecule has 5 nitrogen and oxygen atoms in total.